The first-order valence-electron chi connectivity index (χ1n) is 5.93. The maximum absolute atomic E-state index is 6.20. The average Bonchev–Trinajstić information content (AvgIpc) is 2.78. The molecule has 1 aliphatic heterocycles. The van der Waals surface area contributed by atoms with Crippen LogP contribution in [0.5, 0.6) is 0 Å². The van der Waals surface area contributed by atoms with E-state index in [0.717, 1.165) is 22.7 Å². The lowest BCUT2D eigenvalue weighted by Gasteiger charge is -2.33. The van der Waals surface area contributed by atoms with Gasteiger partial charge in [-0.2, -0.15) is 0 Å². The van der Waals surface area contributed by atoms with Gasteiger partial charge >= 0.3 is 0 Å². The molecule has 0 aliphatic carbocycles. The van der Waals surface area contributed by atoms with E-state index in [-0.39, 0.29) is 0 Å². The number of rotatable bonds is 1. The highest BCUT2D eigenvalue weighted by atomic mass is 35.5. The summed E-state index contributed by atoms with van der Waals surface area (Å²) >= 11 is 7.82. The molecule has 0 N–H and O–H groups in total. The van der Waals surface area contributed by atoms with Crippen LogP contribution in [-0.2, 0) is 0 Å². The van der Waals surface area contributed by atoms with Crippen molar-refractivity contribution < 1.29 is 0 Å². The minimum atomic E-state index is 0.511. The van der Waals surface area contributed by atoms with Gasteiger partial charge in [-0.3, -0.25) is 0 Å². The number of hydrogen-bond donors (Lipinski definition) is 0. The monoisotopic (exact) mass is 267 g/mol. The molecule has 0 saturated carbocycles. The molecule has 0 aromatic carbocycles. The van der Waals surface area contributed by atoms with Crippen LogP contribution in [0.15, 0.2) is 11.4 Å². The predicted octanol–water partition coefficient (Wildman–Crippen LogP) is 3.72. The van der Waals surface area contributed by atoms with Crippen molar-refractivity contribution in [1.29, 1.82) is 0 Å². The molecule has 17 heavy (non-hydrogen) atoms. The van der Waals surface area contributed by atoms with E-state index in [0.29, 0.717) is 11.2 Å². The van der Waals surface area contributed by atoms with Crippen LogP contribution in [0.3, 0.4) is 0 Å². The Morgan fingerprint density at radius 1 is 1.41 bits per heavy atom. The second-order valence-electron chi connectivity index (χ2n) is 4.49. The van der Waals surface area contributed by atoms with Crippen molar-refractivity contribution in [3.63, 3.8) is 0 Å². The zero-order valence-corrected chi connectivity index (χ0v) is 11.3. The second kappa shape index (κ2) is 4.42. The van der Waals surface area contributed by atoms with Crippen molar-refractivity contribution in [2.75, 3.05) is 11.4 Å². The fraction of sp³-hybridized carbons (Fsp3) is 0.500. The van der Waals surface area contributed by atoms with Crippen molar-refractivity contribution in [3.05, 3.63) is 16.6 Å². The quantitative estimate of drug-likeness (QED) is 0.738. The second-order valence-corrected chi connectivity index (χ2v) is 5.74. The highest BCUT2D eigenvalue weighted by Gasteiger charge is 2.21. The van der Waals surface area contributed by atoms with Gasteiger partial charge in [0.25, 0.3) is 0 Å². The van der Waals surface area contributed by atoms with Crippen LogP contribution in [0.25, 0.3) is 10.2 Å². The van der Waals surface area contributed by atoms with E-state index in [9.17, 15) is 0 Å². The molecule has 1 aliphatic rings. The van der Waals surface area contributed by atoms with Crippen molar-refractivity contribution in [3.8, 4) is 0 Å². The molecule has 1 unspecified atom stereocenters. The third-order valence-electron chi connectivity index (χ3n) is 3.33. The summed E-state index contributed by atoms with van der Waals surface area (Å²) < 4.78 is 0. The highest BCUT2D eigenvalue weighted by molar-refractivity contribution is 7.16. The molecule has 2 aromatic heterocycles. The number of thiophene rings is 1. The molecule has 2 aromatic rings. The highest BCUT2D eigenvalue weighted by Crippen LogP contribution is 2.29. The summed E-state index contributed by atoms with van der Waals surface area (Å²) in [7, 11) is 0. The van der Waals surface area contributed by atoms with Crippen LogP contribution in [0.4, 0.5) is 5.95 Å². The first-order valence-corrected chi connectivity index (χ1v) is 7.19. The Bertz CT molecular complexity index is 540. The van der Waals surface area contributed by atoms with E-state index in [4.69, 9.17) is 11.6 Å². The van der Waals surface area contributed by atoms with Gasteiger partial charge in [-0.1, -0.05) is 11.6 Å². The zero-order valence-electron chi connectivity index (χ0n) is 9.69. The zero-order chi connectivity index (χ0) is 11.8. The lowest BCUT2D eigenvalue weighted by Crippen LogP contribution is -2.38. The Labute approximate surface area is 109 Å². The smallest absolute Gasteiger partial charge is 0.228 e. The van der Waals surface area contributed by atoms with Gasteiger partial charge in [-0.05, 0) is 37.6 Å². The van der Waals surface area contributed by atoms with Crippen LogP contribution in [0.1, 0.15) is 26.2 Å². The van der Waals surface area contributed by atoms with Crippen molar-refractivity contribution in [2.45, 2.75) is 32.2 Å². The number of piperidine rings is 1. The number of halogens is 1. The normalized spacial score (nSPS) is 21.1. The minimum absolute atomic E-state index is 0.511. The van der Waals surface area contributed by atoms with E-state index < -0.39 is 0 Å². The summed E-state index contributed by atoms with van der Waals surface area (Å²) in [5.41, 5.74) is 0. The van der Waals surface area contributed by atoms with Crippen LogP contribution >= 0.6 is 22.9 Å². The number of fused-ring (bicyclic) bond motifs is 1. The Hall–Kier alpha value is -0.870. The number of anilines is 1. The fourth-order valence-electron chi connectivity index (χ4n) is 2.33. The fourth-order valence-corrected chi connectivity index (χ4v) is 3.38. The maximum atomic E-state index is 6.20. The summed E-state index contributed by atoms with van der Waals surface area (Å²) in [6, 6.07) is 2.49. The topological polar surface area (TPSA) is 29.0 Å². The molecule has 3 rings (SSSR count). The Morgan fingerprint density at radius 3 is 3.12 bits per heavy atom. The summed E-state index contributed by atoms with van der Waals surface area (Å²) in [4.78, 5) is 12.3. The number of hydrogen-bond acceptors (Lipinski definition) is 4. The summed E-state index contributed by atoms with van der Waals surface area (Å²) in [6.45, 7) is 3.27. The lowest BCUT2D eigenvalue weighted by molar-refractivity contribution is 0.477. The third-order valence-corrected chi connectivity index (χ3v) is 4.42. The molecule has 5 heteroatoms. The van der Waals surface area contributed by atoms with Gasteiger partial charge in [0, 0.05) is 18.0 Å². The van der Waals surface area contributed by atoms with Crippen LogP contribution in [-0.4, -0.2) is 22.6 Å². The Balaban J connectivity index is 2.04. The predicted molar refractivity (Wildman–Crippen MR) is 73.1 cm³/mol. The van der Waals surface area contributed by atoms with Gasteiger partial charge in [0.1, 0.15) is 9.98 Å². The average molecular weight is 268 g/mol. The summed E-state index contributed by atoms with van der Waals surface area (Å²) in [5, 5.41) is 3.54. The van der Waals surface area contributed by atoms with E-state index >= 15 is 0 Å². The molecule has 0 bridgehead atoms. The molecular formula is C12H14ClN3S. The molecule has 1 fully saturated rings. The lowest BCUT2D eigenvalue weighted by atomic mass is 10.0. The van der Waals surface area contributed by atoms with E-state index in [1.54, 1.807) is 11.3 Å². The largest absolute Gasteiger partial charge is 0.338 e. The molecular weight excluding hydrogens is 254 g/mol. The van der Waals surface area contributed by atoms with E-state index in [1.807, 2.05) is 11.4 Å². The third kappa shape index (κ3) is 2.00. The molecule has 1 saturated heterocycles. The SMILES string of the molecule is CC1CCCCN1c1nc(Cl)c2ccsc2n1. The first-order chi connectivity index (χ1) is 8.25. The van der Waals surface area contributed by atoms with Gasteiger partial charge in [-0.25, -0.2) is 9.97 Å². The van der Waals surface area contributed by atoms with Gasteiger partial charge in [0.2, 0.25) is 5.95 Å². The molecule has 90 valence electrons. The molecule has 0 radical (unpaired) electrons. The Morgan fingerprint density at radius 2 is 2.29 bits per heavy atom. The van der Waals surface area contributed by atoms with Crippen molar-refractivity contribution in [1.82, 2.24) is 9.97 Å². The number of aromatic nitrogens is 2. The molecule has 3 nitrogen and oxygen atoms in total. The molecule has 0 amide bonds. The standard InChI is InChI=1S/C12H14ClN3S/c1-8-4-2-3-6-16(8)12-14-10(13)9-5-7-17-11(9)15-12/h5,7-8H,2-4,6H2,1H3. The summed E-state index contributed by atoms with van der Waals surface area (Å²) in [6.07, 6.45) is 3.73. The van der Waals surface area contributed by atoms with Crippen molar-refractivity contribution in [2.24, 2.45) is 0 Å². The van der Waals surface area contributed by atoms with E-state index in [1.165, 1.54) is 19.3 Å². The summed E-state index contributed by atoms with van der Waals surface area (Å²) in [5.74, 6) is 0.789. The molecule has 1 atom stereocenters. The van der Waals surface area contributed by atoms with Crippen molar-refractivity contribution >= 4 is 39.1 Å². The maximum Gasteiger partial charge on any atom is 0.228 e. The van der Waals surface area contributed by atoms with Gasteiger partial charge in [0.05, 0.1) is 0 Å². The molecule has 3 heterocycles. The first kappa shape index (κ1) is 11.2. The van der Waals surface area contributed by atoms with Crippen LogP contribution < -0.4 is 4.90 Å². The van der Waals surface area contributed by atoms with Gasteiger partial charge < -0.3 is 4.90 Å². The van der Waals surface area contributed by atoms with Crippen LogP contribution in [0.2, 0.25) is 5.15 Å². The Kier molecular flexibility index (Phi) is 2.92. The minimum Gasteiger partial charge on any atom is -0.338 e. The van der Waals surface area contributed by atoms with E-state index in [2.05, 4.69) is 21.8 Å². The van der Waals surface area contributed by atoms with Gasteiger partial charge in [0.15, 0.2) is 0 Å². The van der Waals surface area contributed by atoms with Crippen LogP contribution in [0, 0.1) is 0 Å². The molecule has 0 spiro atoms. The van der Waals surface area contributed by atoms with Gasteiger partial charge in [-0.15, -0.1) is 11.3 Å². The number of nitrogens with zero attached hydrogens (tertiary/aromatic N) is 3.